The topological polar surface area (TPSA) is 98.7 Å². The van der Waals surface area contributed by atoms with Crippen molar-refractivity contribution in [3.05, 3.63) is 71.8 Å². The van der Waals surface area contributed by atoms with Crippen LogP contribution >= 0.6 is 0 Å². The van der Waals surface area contributed by atoms with Crippen LogP contribution in [0.4, 0.5) is 0 Å². The number of unbranched alkanes of at least 4 members (excludes halogenated alkanes) is 6. The Labute approximate surface area is 225 Å². The van der Waals surface area contributed by atoms with Crippen LogP contribution in [0.15, 0.2) is 60.7 Å². The summed E-state index contributed by atoms with van der Waals surface area (Å²) in [6.45, 7) is 5.51. The number of hydrogen-bond donors (Lipinski definition) is 0. The number of carboxylic acid groups (broad SMARTS) is 2. The zero-order valence-electron chi connectivity index (χ0n) is 22.3. The molecule has 0 atom stereocenters. The van der Waals surface area contributed by atoms with Crippen LogP contribution in [-0.4, -0.2) is 25.2 Å². The standard InChI is InChI=1S/C32H38O6/c1-3-5-7-9-21-37-25-15-11-23(12-16-25)29-27(31(33)34)19-20-28(32(35)36)30(29)24-13-17-26(18-14-24)38-22-10-8-6-4-2/h11-20H,3-10,21-22H2,1-2H3,(H,33,34)(H,35,36)/p-2. The number of rotatable bonds is 16. The van der Waals surface area contributed by atoms with Gasteiger partial charge in [-0.25, -0.2) is 0 Å². The first-order chi connectivity index (χ1) is 18.5. The number of carboxylic acids is 2. The quantitative estimate of drug-likeness (QED) is 0.228. The van der Waals surface area contributed by atoms with E-state index in [4.69, 9.17) is 9.47 Å². The van der Waals surface area contributed by atoms with Crippen molar-refractivity contribution < 1.29 is 29.3 Å². The van der Waals surface area contributed by atoms with Crippen molar-refractivity contribution >= 4 is 11.9 Å². The molecular weight excluding hydrogens is 480 g/mol. The molecule has 0 aromatic heterocycles. The van der Waals surface area contributed by atoms with Gasteiger partial charge in [0.05, 0.1) is 25.2 Å². The largest absolute Gasteiger partial charge is 0.545 e. The van der Waals surface area contributed by atoms with Gasteiger partial charge in [-0.3, -0.25) is 0 Å². The molecule has 202 valence electrons. The van der Waals surface area contributed by atoms with Crippen LogP contribution < -0.4 is 19.7 Å². The highest BCUT2D eigenvalue weighted by Gasteiger charge is 2.18. The molecule has 0 N–H and O–H groups in total. The Balaban J connectivity index is 1.94. The van der Waals surface area contributed by atoms with Gasteiger partial charge in [0.15, 0.2) is 0 Å². The summed E-state index contributed by atoms with van der Waals surface area (Å²) in [6.07, 6.45) is 8.75. The molecule has 0 radical (unpaired) electrons. The number of ether oxygens (including phenoxy) is 2. The maximum Gasteiger partial charge on any atom is 0.119 e. The van der Waals surface area contributed by atoms with E-state index in [1.165, 1.54) is 12.1 Å². The highest BCUT2D eigenvalue weighted by molar-refractivity contribution is 6.07. The van der Waals surface area contributed by atoms with E-state index in [-0.39, 0.29) is 22.3 Å². The molecule has 0 spiro atoms. The summed E-state index contributed by atoms with van der Waals surface area (Å²) in [4.78, 5) is 24.2. The summed E-state index contributed by atoms with van der Waals surface area (Å²) in [5, 5.41) is 24.2. The smallest absolute Gasteiger partial charge is 0.119 e. The van der Waals surface area contributed by atoms with E-state index in [1.807, 2.05) is 0 Å². The van der Waals surface area contributed by atoms with Gasteiger partial charge in [-0.1, -0.05) is 88.8 Å². The van der Waals surface area contributed by atoms with Crippen molar-refractivity contribution in [1.82, 2.24) is 0 Å². The summed E-state index contributed by atoms with van der Waals surface area (Å²) in [5.74, 6) is -1.46. The highest BCUT2D eigenvalue weighted by atomic mass is 16.5. The number of benzene rings is 3. The molecule has 0 saturated heterocycles. The normalized spacial score (nSPS) is 10.8. The maximum absolute atomic E-state index is 12.1. The van der Waals surface area contributed by atoms with E-state index >= 15 is 0 Å². The lowest BCUT2D eigenvalue weighted by Gasteiger charge is -2.21. The van der Waals surface area contributed by atoms with Crippen molar-refractivity contribution in [2.75, 3.05) is 13.2 Å². The van der Waals surface area contributed by atoms with Gasteiger partial charge in [-0.05, 0) is 59.4 Å². The highest BCUT2D eigenvalue weighted by Crippen LogP contribution is 2.39. The van der Waals surface area contributed by atoms with Crippen molar-refractivity contribution in [2.24, 2.45) is 0 Å². The molecule has 0 fully saturated rings. The Bertz CT molecular complexity index is 1090. The van der Waals surface area contributed by atoms with Crippen molar-refractivity contribution in [3.63, 3.8) is 0 Å². The Morgan fingerprint density at radius 2 is 0.921 bits per heavy atom. The second-order valence-electron chi connectivity index (χ2n) is 9.35. The molecule has 0 aliphatic carbocycles. The molecule has 0 saturated carbocycles. The fourth-order valence-corrected chi connectivity index (χ4v) is 4.42. The van der Waals surface area contributed by atoms with Gasteiger partial charge in [-0.15, -0.1) is 0 Å². The molecule has 0 unspecified atom stereocenters. The Hall–Kier alpha value is -3.80. The summed E-state index contributed by atoms with van der Waals surface area (Å²) in [5.41, 5.74) is 1.39. The zero-order chi connectivity index (χ0) is 27.3. The summed E-state index contributed by atoms with van der Waals surface area (Å²) in [7, 11) is 0. The van der Waals surface area contributed by atoms with E-state index in [1.54, 1.807) is 48.5 Å². The predicted molar refractivity (Wildman–Crippen MR) is 145 cm³/mol. The molecule has 6 nitrogen and oxygen atoms in total. The molecule has 0 amide bonds. The van der Waals surface area contributed by atoms with Crippen LogP contribution in [0.3, 0.4) is 0 Å². The fraction of sp³-hybridized carbons (Fsp3) is 0.375. The van der Waals surface area contributed by atoms with Gasteiger partial charge in [0, 0.05) is 11.1 Å². The molecule has 0 heterocycles. The van der Waals surface area contributed by atoms with Gasteiger partial charge in [0.25, 0.3) is 0 Å². The van der Waals surface area contributed by atoms with Gasteiger partial charge in [-0.2, -0.15) is 0 Å². The van der Waals surface area contributed by atoms with Gasteiger partial charge in [0.1, 0.15) is 11.5 Å². The molecule has 6 heteroatoms. The Morgan fingerprint density at radius 3 is 1.24 bits per heavy atom. The summed E-state index contributed by atoms with van der Waals surface area (Å²) in [6, 6.07) is 16.5. The van der Waals surface area contributed by atoms with Gasteiger partial charge < -0.3 is 29.3 Å². The summed E-state index contributed by atoms with van der Waals surface area (Å²) >= 11 is 0. The first-order valence-corrected chi connectivity index (χ1v) is 13.5. The number of carbonyl (C=O) groups is 2. The molecule has 3 aromatic rings. The summed E-state index contributed by atoms with van der Waals surface area (Å²) < 4.78 is 11.6. The minimum absolute atomic E-state index is 0.102. The molecule has 0 aliphatic heterocycles. The Kier molecular flexibility index (Phi) is 11.2. The lowest BCUT2D eigenvalue weighted by atomic mass is 9.87. The van der Waals surface area contributed by atoms with Crippen LogP contribution in [0.1, 0.15) is 85.9 Å². The van der Waals surface area contributed by atoms with E-state index in [2.05, 4.69) is 13.8 Å². The van der Waals surface area contributed by atoms with Crippen molar-refractivity contribution in [2.45, 2.75) is 65.2 Å². The molecule has 0 bridgehead atoms. The first-order valence-electron chi connectivity index (χ1n) is 13.5. The lowest BCUT2D eigenvalue weighted by molar-refractivity contribution is -0.256. The number of carbonyl (C=O) groups excluding carboxylic acids is 2. The fourth-order valence-electron chi connectivity index (χ4n) is 4.42. The third-order valence-corrected chi connectivity index (χ3v) is 6.46. The average molecular weight is 517 g/mol. The van der Waals surface area contributed by atoms with Gasteiger partial charge in [0.2, 0.25) is 0 Å². The zero-order valence-corrected chi connectivity index (χ0v) is 22.3. The number of aromatic carboxylic acids is 2. The monoisotopic (exact) mass is 516 g/mol. The van der Waals surface area contributed by atoms with Crippen LogP contribution in [0, 0.1) is 0 Å². The minimum atomic E-state index is -1.39. The Morgan fingerprint density at radius 1 is 0.553 bits per heavy atom. The van der Waals surface area contributed by atoms with Crippen molar-refractivity contribution in [1.29, 1.82) is 0 Å². The third-order valence-electron chi connectivity index (χ3n) is 6.46. The molecule has 0 aliphatic rings. The van der Waals surface area contributed by atoms with Gasteiger partial charge >= 0.3 is 0 Å². The lowest BCUT2D eigenvalue weighted by Crippen LogP contribution is -2.26. The van der Waals surface area contributed by atoms with E-state index < -0.39 is 11.9 Å². The predicted octanol–water partition coefficient (Wildman–Crippen LogP) is 5.67. The number of hydrogen-bond acceptors (Lipinski definition) is 6. The van der Waals surface area contributed by atoms with E-state index in [0.29, 0.717) is 35.8 Å². The first kappa shape index (κ1) is 28.8. The van der Waals surface area contributed by atoms with Crippen LogP contribution in [0.2, 0.25) is 0 Å². The third kappa shape index (κ3) is 7.85. The molecular formula is C32H36O6-2. The van der Waals surface area contributed by atoms with Crippen molar-refractivity contribution in [3.8, 4) is 33.8 Å². The van der Waals surface area contributed by atoms with Crippen LogP contribution in [0.25, 0.3) is 22.3 Å². The second kappa shape index (κ2) is 14.8. The van der Waals surface area contributed by atoms with E-state index in [0.717, 1.165) is 51.4 Å². The molecule has 3 rings (SSSR count). The second-order valence-corrected chi connectivity index (χ2v) is 9.35. The molecule has 3 aromatic carbocycles. The minimum Gasteiger partial charge on any atom is -0.545 e. The average Bonchev–Trinajstić information content (AvgIpc) is 2.92. The SMILES string of the molecule is CCCCCCOc1ccc(-c2c(C(=O)[O-])ccc(C(=O)[O-])c2-c2ccc(OCCCCCC)cc2)cc1. The maximum atomic E-state index is 12.1. The van der Waals surface area contributed by atoms with E-state index in [9.17, 15) is 19.8 Å². The van der Waals surface area contributed by atoms with Crippen LogP contribution in [0.5, 0.6) is 11.5 Å². The van der Waals surface area contributed by atoms with Crippen LogP contribution in [-0.2, 0) is 0 Å². The molecule has 38 heavy (non-hydrogen) atoms.